The summed E-state index contributed by atoms with van der Waals surface area (Å²) in [5.41, 5.74) is 7.26. The predicted molar refractivity (Wildman–Crippen MR) is 112 cm³/mol. The van der Waals surface area contributed by atoms with E-state index in [-0.39, 0.29) is 17.9 Å². The van der Waals surface area contributed by atoms with Crippen molar-refractivity contribution in [2.75, 3.05) is 18.0 Å². The lowest BCUT2D eigenvalue weighted by Gasteiger charge is -2.34. The van der Waals surface area contributed by atoms with Gasteiger partial charge >= 0.3 is 0 Å². The molecule has 7 nitrogen and oxygen atoms in total. The van der Waals surface area contributed by atoms with Gasteiger partial charge in [0.2, 0.25) is 5.89 Å². The van der Waals surface area contributed by atoms with E-state index in [4.69, 9.17) is 10.3 Å². The fourth-order valence-corrected chi connectivity index (χ4v) is 5.12. The smallest absolute Gasteiger partial charge is 0.229 e. The molecule has 150 valence electrons. The van der Waals surface area contributed by atoms with Crippen molar-refractivity contribution in [3.8, 4) is 0 Å². The summed E-state index contributed by atoms with van der Waals surface area (Å²) in [6.45, 7) is 6.17. The second kappa shape index (κ2) is 7.24. The molecule has 5 rings (SSSR count). The van der Waals surface area contributed by atoms with Gasteiger partial charge in [-0.05, 0) is 51.5 Å². The maximum absolute atomic E-state index is 6.33. The number of thiophene rings is 1. The van der Waals surface area contributed by atoms with Gasteiger partial charge in [-0.15, -0.1) is 23.7 Å². The number of halogens is 1. The molecule has 0 spiro atoms. The van der Waals surface area contributed by atoms with Crippen LogP contribution in [-0.4, -0.2) is 33.2 Å². The van der Waals surface area contributed by atoms with Gasteiger partial charge in [0.25, 0.3) is 0 Å². The van der Waals surface area contributed by atoms with Crippen molar-refractivity contribution in [2.45, 2.75) is 57.4 Å². The van der Waals surface area contributed by atoms with E-state index in [9.17, 15) is 0 Å². The van der Waals surface area contributed by atoms with Crippen LogP contribution in [0, 0.1) is 13.8 Å². The first-order valence-corrected chi connectivity index (χ1v) is 10.5. The maximum atomic E-state index is 6.33. The standard InChI is InChI=1S/C19H24N6OS.ClH/c1-11-12(2)27-17-14(11)15(21-10-22-17)25-8-4-13(5-9-25)16-23-18(24-26-16)19(20)6-3-7-19;/h10,13H,3-9,20H2,1-2H3;1H. The Bertz CT molecular complexity index is 990. The van der Waals surface area contributed by atoms with Crippen LogP contribution in [0.25, 0.3) is 10.2 Å². The summed E-state index contributed by atoms with van der Waals surface area (Å²) < 4.78 is 5.58. The Morgan fingerprint density at radius 3 is 2.64 bits per heavy atom. The second-order valence-electron chi connectivity index (χ2n) is 7.89. The zero-order valence-electron chi connectivity index (χ0n) is 16.1. The lowest BCUT2D eigenvalue weighted by molar-refractivity contribution is 0.228. The van der Waals surface area contributed by atoms with Crippen molar-refractivity contribution in [3.05, 3.63) is 28.5 Å². The van der Waals surface area contributed by atoms with E-state index < -0.39 is 0 Å². The molecule has 0 atom stereocenters. The van der Waals surface area contributed by atoms with Gasteiger partial charge < -0.3 is 15.2 Å². The Kier molecular flexibility index (Phi) is 5.05. The van der Waals surface area contributed by atoms with Gasteiger partial charge in [0.1, 0.15) is 17.0 Å². The Morgan fingerprint density at radius 2 is 1.96 bits per heavy atom. The first-order valence-electron chi connectivity index (χ1n) is 9.64. The van der Waals surface area contributed by atoms with Gasteiger partial charge in [0.05, 0.1) is 10.9 Å². The Balaban J connectivity index is 0.00000192. The van der Waals surface area contributed by atoms with Crippen LogP contribution in [0.1, 0.15) is 60.2 Å². The highest BCUT2D eigenvalue weighted by atomic mass is 35.5. The van der Waals surface area contributed by atoms with Crippen molar-refractivity contribution >= 4 is 39.8 Å². The minimum absolute atomic E-state index is 0. The lowest BCUT2D eigenvalue weighted by atomic mass is 9.77. The second-order valence-corrected chi connectivity index (χ2v) is 9.09. The number of nitrogens with zero attached hydrogens (tertiary/aromatic N) is 5. The van der Waals surface area contributed by atoms with Crippen molar-refractivity contribution in [1.29, 1.82) is 0 Å². The molecule has 4 heterocycles. The average Bonchev–Trinajstić information content (AvgIpc) is 3.26. The molecular weight excluding hydrogens is 396 g/mol. The maximum Gasteiger partial charge on any atom is 0.229 e. The molecule has 28 heavy (non-hydrogen) atoms. The number of aromatic nitrogens is 4. The molecule has 0 unspecified atom stereocenters. The van der Waals surface area contributed by atoms with Crippen LogP contribution in [-0.2, 0) is 5.54 Å². The molecule has 3 aromatic rings. The largest absolute Gasteiger partial charge is 0.356 e. The fourth-order valence-electron chi connectivity index (χ4n) is 4.13. The number of nitrogens with two attached hydrogens (primary N) is 1. The summed E-state index contributed by atoms with van der Waals surface area (Å²) >= 11 is 1.74. The topological polar surface area (TPSA) is 94.0 Å². The van der Waals surface area contributed by atoms with Crippen molar-refractivity contribution in [3.63, 3.8) is 0 Å². The van der Waals surface area contributed by atoms with Gasteiger partial charge in [0.15, 0.2) is 5.82 Å². The molecule has 2 N–H and O–H groups in total. The molecule has 2 aliphatic rings. The molecule has 0 radical (unpaired) electrons. The highest BCUT2D eigenvalue weighted by Gasteiger charge is 2.39. The van der Waals surface area contributed by atoms with Crippen LogP contribution >= 0.6 is 23.7 Å². The highest BCUT2D eigenvalue weighted by Crippen LogP contribution is 2.39. The monoisotopic (exact) mass is 420 g/mol. The first-order chi connectivity index (χ1) is 13.0. The van der Waals surface area contributed by atoms with E-state index in [1.165, 1.54) is 15.8 Å². The van der Waals surface area contributed by atoms with Crippen LogP contribution in [0.3, 0.4) is 0 Å². The molecule has 1 saturated carbocycles. The van der Waals surface area contributed by atoms with Crippen molar-refractivity contribution in [2.24, 2.45) is 5.73 Å². The molecule has 9 heteroatoms. The third-order valence-corrected chi connectivity index (χ3v) is 7.34. The minimum Gasteiger partial charge on any atom is -0.356 e. The fraction of sp³-hybridized carbons (Fsp3) is 0.579. The number of hydrogen-bond donors (Lipinski definition) is 1. The van der Waals surface area contributed by atoms with Crippen LogP contribution in [0.2, 0.25) is 0 Å². The van der Waals surface area contributed by atoms with Gasteiger partial charge in [-0.2, -0.15) is 4.98 Å². The van der Waals surface area contributed by atoms with E-state index in [2.05, 4.69) is 38.9 Å². The SMILES string of the molecule is Cc1sc2ncnc(N3CCC(c4nc(C5(N)CCC5)no4)CC3)c2c1C.Cl. The predicted octanol–water partition coefficient (Wildman–Crippen LogP) is 3.83. The lowest BCUT2D eigenvalue weighted by Crippen LogP contribution is -2.44. The summed E-state index contributed by atoms with van der Waals surface area (Å²) in [6.07, 6.45) is 6.69. The van der Waals surface area contributed by atoms with Crippen molar-refractivity contribution in [1.82, 2.24) is 20.1 Å². The van der Waals surface area contributed by atoms with Crippen LogP contribution < -0.4 is 10.6 Å². The molecule has 1 aliphatic heterocycles. The van der Waals surface area contributed by atoms with Gasteiger partial charge in [-0.25, -0.2) is 9.97 Å². The normalized spacial score (nSPS) is 19.5. The number of fused-ring (bicyclic) bond motifs is 1. The van der Waals surface area contributed by atoms with Gasteiger partial charge in [-0.3, -0.25) is 0 Å². The summed E-state index contributed by atoms with van der Waals surface area (Å²) in [5.74, 6) is 2.79. The van der Waals surface area contributed by atoms with Crippen LogP contribution in [0.4, 0.5) is 5.82 Å². The van der Waals surface area contributed by atoms with E-state index in [1.54, 1.807) is 17.7 Å². The van der Waals surface area contributed by atoms with Crippen LogP contribution in [0.5, 0.6) is 0 Å². The Labute approximate surface area is 174 Å². The summed E-state index contributed by atoms with van der Waals surface area (Å²) in [4.78, 5) is 18.5. The molecule has 0 bridgehead atoms. The molecular formula is C19H25ClN6OS. The van der Waals surface area contributed by atoms with Gasteiger partial charge in [0, 0.05) is 23.9 Å². The van der Waals surface area contributed by atoms with Gasteiger partial charge in [-0.1, -0.05) is 5.16 Å². The third kappa shape index (κ3) is 3.07. The number of hydrogen-bond acceptors (Lipinski definition) is 8. The van der Waals surface area contributed by atoms with Crippen LogP contribution in [0.15, 0.2) is 10.9 Å². The minimum atomic E-state index is -0.358. The van der Waals surface area contributed by atoms with E-state index >= 15 is 0 Å². The number of anilines is 1. The average molecular weight is 421 g/mol. The zero-order chi connectivity index (χ0) is 18.6. The number of piperidine rings is 1. The summed E-state index contributed by atoms with van der Waals surface area (Å²) in [7, 11) is 0. The Morgan fingerprint density at radius 1 is 1.21 bits per heavy atom. The van der Waals surface area contributed by atoms with E-state index in [0.717, 1.165) is 61.7 Å². The van der Waals surface area contributed by atoms with Crippen molar-refractivity contribution < 1.29 is 4.52 Å². The zero-order valence-corrected chi connectivity index (χ0v) is 17.8. The molecule has 0 amide bonds. The summed E-state index contributed by atoms with van der Waals surface area (Å²) in [5, 5.41) is 5.38. The summed E-state index contributed by atoms with van der Waals surface area (Å²) in [6, 6.07) is 0. The molecule has 3 aromatic heterocycles. The Hall–Kier alpha value is -1.77. The first kappa shape index (κ1) is 19.5. The molecule has 2 fully saturated rings. The van der Waals surface area contributed by atoms with E-state index in [1.807, 2.05) is 0 Å². The third-order valence-electron chi connectivity index (χ3n) is 6.22. The molecule has 0 aromatic carbocycles. The molecule has 1 saturated heterocycles. The number of rotatable bonds is 3. The number of aryl methyl sites for hydroxylation is 2. The molecule has 1 aliphatic carbocycles. The highest BCUT2D eigenvalue weighted by molar-refractivity contribution is 7.18. The van der Waals surface area contributed by atoms with E-state index in [0.29, 0.717) is 11.7 Å². The quantitative estimate of drug-likeness (QED) is 0.687.